The van der Waals surface area contributed by atoms with Crippen LogP contribution in [-0.4, -0.2) is 87.1 Å². The Balaban J connectivity index is 1.04. The number of imidazole rings is 1. The van der Waals surface area contributed by atoms with Gasteiger partial charge in [0.25, 0.3) is 11.8 Å². The zero-order valence-electron chi connectivity index (χ0n) is 22.0. The fraction of sp³-hybridized carbons (Fsp3) is 0.370. The second-order valence-corrected chi connectivity index (χ2v) is 9.41. The van der Waals surface area contributed by atoms with Crippen molar-refractivity contribution in [2.45, 2.75) is 25.8 Å². The van der Waals surface area contributed by atoms with Crippen LogP contribution < -0.4 is 10.1 Å². The summed E-state index contributed by atoms with van der Waals surface area (Å²) in [5.74, 6) is -0.128. The van der Waals surface area contributed by atoms with Crippen LogP contribution in [0.1, 0.15) is 30.3 Å². The number of amides is 2. The molecule has 210 valence electrons. The highest BCUT2D eigenvalue weighted by molar-refractivity contribution is 5.95. The number of hydrogen-bond donors (Lipinski definition) is 2. The van der Waals surface area contributed by atoms with Crippen molar-refractivity contribution in [2.75, 3.05) is 39.3 Å². The molecule has 2 amide bonds. The lowest BCUT2D eigenvalue weighted by Crippen LogP contribution is -2.48. The van der Waals surface area contributed by atoms with Crippen molar-refractivity contribution in [3.8, 4) is 28.7 Å². The molecule has 3 aromatic heterocycles. The number of benzene rings is 1. The zero-order chi connectivity index (χ0) is 27.9. The van der Waals surface area contributed by atoms with E-state index in [1.807, 2.05) is 0 Å². The van der Waals surface area contributed by atoms with Gasteiger partial charge in [0.05, 0.1) is 24.8 Å². The van der Waals surface area contributed by atoms with E-state index in [-0.39, 0.29) is 28.9 Å². The number of nitrogens with zero attached hydrogens (tertiary/aromatic N) is 5. The monoisotopic (exact) mass is 551 g/mol. The lowest BCUT2D eigenvalue weighted by Gasteiger charge is -2.25. The van der Waals surface area contributed by atoms with Crippen molar-refractivity contribution in [3.05, 3.63) is 60.7 Å². The third-order valence-corrected chi connectivity index (χ3v) is 6.58. The van der Waals surface area contributed by atoms with Gasteiger partial charge in [-0.05, 0) is 50.6 Å². The van der Waals surface area contributed by atoms with E-state index in [1.54, 1.807) is 42.3 Å². The number of hydrogen-bond acceptors (Lipinski definition) is 9. The van der Waals surface area contributed by atoms with Gasteiger partial charge >= 0.3 is 0 Å². The largest absolute Gasteiger partial charge is 0.493 e. The molecular formula is C27H30FN7O5. The molecule has 2 N–H and O–H groups in total. The number of H-pyrrole nitrogens is 1. The average molecular weight is 552 g/mol. The highest BCUT2D eigenvalue weighted by Crippen LogP contribution is 2.26. The maximum Gasteiger partial charge on any atom is 0.287 e. The van der Waals surface area contributed by atoms with Gasteiger partial charge < -0.3 is 33.8 Å². The quantitative estimate of drug-likeness (QED) is 0.284. The SMILES string of the molecule is C[C@H](NC(=O)c1ccco1)C(=O)N1CCCN(CCCOc2ccc(-c3noc(-c4c[nH]cn4)n3)c(F)c2)CC1. The minimum absolute atomic E-state index is 0.117. The molecule has 12 nitrogen and oxygen atoms in total. The summed E-state index contributed by atoms with van der Waals surface area (Å²) in [6.45, 7) is 5.65. The third-order valence-electron chi connectivity index (χ3n) is 6.58. The van der Waals surface area contributed by atoms with Gasteiger partial charge in [-0.1, -0.05) is 5.16 Å². The normalized spacial score (nSPS) is 15.0. The second-order valence-electron chi connectivity index (χ2n) is 9.41. The van der Waals surface area contributed by atoms with Gasteiger partial charge in [0.15, 0.2) is 5.76 Å². The van der Waals surface area contributed by atoms with E-state index in [0.717, 1.165) is 32.5 Å². The molecule has 1 saturated heterocycles. The Morgan fingerprint density at radius 3 is 2.90 bits per heavy atom. The Kier molecular flexibility index (Phi) is 8.50. The third kappa shape index (κ3) is 6.54. The molecule has 4 aromatic rings. The predicted molar refractivity (Wildman–Crippen MR) is 141 cm³/mol. The van der Waals surface area contributed by atoms with E-state index in [2.05, 4.69) is 30.3 Å². The average Bonchev–Trinajstić information content (AvgIpc) is 3.73. The van der Waals surface area contributed by atoms with Crippen LogP contribution in [0.5, 0.6) is 5.75 Å². The van der Waals surface area contributed by atoms with Crippen molar-refractivity contribution in [3.63, 3.8) is 0 Å². The summed E-state index contributed by atoms with van der Waals surface area (Å²) in [6.07, 6.45) is 6.09. The smallest absolute Gasteiger partial charge is 0.287 e. The first-order valence-corrected chi connectivity index (χ1v) is 13.1. The lowest BCUT2D eigenvalue weighted by molar-refractivity contribution is -0.132. The number of aromatic amines is 1. The summed E-state index contributed by atoms with van der Waals surface area (Å²) in [5.41, 5.74) is 0.684. The van der Waals surface area contributed by atoms with Crippen molar-refractivity contribution >= 4 is 11.8 Å². The van der Waals surface area contributed by atoms with Gasteiger partial charge in [0.2, 0.25) is 11.7 Å². The maximum atomic E-state index is 14.7. The van der Waals surface area contributed by atoms with Crippen molar-refractivity contribution in [1.82, 2.24) is 35.2 Å². The first-order valence-electron chi connectivity index (χ1n) is 13.1. The Hall–Kier alpha value is -4.52. The summed E-state index contributed by atoms with van der Waals surface area (Å²) in [4.78, 5) is 40.2. The van der Waals surface area contributed by atoms with Gasteiger partial charge in [-0.15, -0.1) is 0 Å². The van der Waals surface area contributed by atoms with E-state index in [0.29, 0.717) is 31.1 Å². The Labute approximate surface area is 229 Å². The molecular weight excluding hydrogens is 521 g/mol. The van der Waals surface area contributed by atoms with Gasteiger partial charge in [0, 0.05) is 38.4 Å². The lowest BCUT2D eigenvalue weighted by atomic mass is 10.2. The summed E-state index contributed by atoms with van der Waals surface area (Å²) < 4.78 is 30.8. The zero-order valence-corrected chi connectivity index (χ0v) is 22.0. The van der Waals surface area contributed by atoms with E-state index in [4.69, 9.17) is 13.7 Å². The molecule has 1 aliphatic rings. The molecule has 0 saturated carbocycles. The topological polar surface area (TPSA) is 143 Å². The fourth-order valence-corrected chi connectivity index (χ4v) is 4.49. The Morgan fingerprint density at radius 1 is 1.23 bits per heavy atom. The van der Waals surface area contributed by atoms with Crippen LogP contribution in [0.15, 0.2) is 58.1 Å². The molecule has 1 fully saturated rings. The van der Waals surface area contributed by atoms with E-state index in [1.165, 1.54) is 18.7 Å². The number of furan rings is 1. The fourth-order valence-electron chi connectivity index (χ4n) is 4.49. The molecule has 0 aliphatic carbocycles. The number of carbonyl (C=O) groups is 2. The van der Waals surface area contributed by atoms with Crippen LogP contribution in [0, 0.1) is 5.82 Å². The minimum atomic E-state index is -0.650. The first kappa shape index (κ1) is 27.1. The minimum Gasteiger partial charge on any atom is -0.493 e. The number of ether oxygens (including phenoxy) is 1. The number of aromatic nitrogens is 4. The van der Waals surface area contributed by atoms with Crippen LogP contribution in [-0.2, 0) is 4.79 Å². The summed E-state index contributed by atoms with van der Waals surface area (Å²) in [6, 6.07) is 7.07. The van der Waals surface area contributed by atoms with Gasteiger partial charge in [-0.3, -0.25) is 9.59 Å². The van der Waals surface area contributed by atoms with Gasteiger partial charge in [-0.2, -0.15) is 4.98 Å². The number of rotatable bonds is 10. The first-order chi connectivity index (χ1) is 19.5. The van der Waals surface area contributed by atoms with Gasteiger partial charge in [-0.25, -0.2) is 9.37 Å². The second kappa shape index (κ2) is 12.6. The molecule has 1 atom stereocenters. The predicted octanol–water partition coefficient (Wildman–Crippen LogP) is 2.98. The molecule has 0 unspecified atom stereocenters. The van der Waals surface area contributed by atoms with Crippen molar-refractivity contribution in [2.24, 2.45) is 0 Å². The Bertz CT molecular complexity index is 1410. The van der Waals surface area contributed by atoms with Crippen LogP contribution in [0.2, 0.25) is 0 Å². The van der Waals surface area contributed by atoms with Gasteiger partial charge in [0.1, 0.15) is 23.3 Å². The number of carbonyl (C=O) groups excluding carboxylic acids is 2. The molecule has 40 heavy (non-hydrogen) atoms. The molecule has 0 spiro atoms. The molecule has 0 bridgehead atoms. The Morgan fingerprint density at radius 2 is 2.12 bits per heavy atom. The molecule has 13 heteroatoms. The van der Waals surface area contributed by atoms with E-state index >= 15 is 0 Å². The van der Waals surface area contributed by atoms with Crippen LogP contribution in [0.25, 0.3) is 23.0 Å². The number of nitrogens with one attached hydrogen (secondary N) is 2. The standard InChI is InChI=1S/C27H30FN7O5/c1-18(31-25(36)23-5-2-13-39-23)27(37)35-10-3-8-34(11-12-35)9-4-14-38-19-6-7-20(21(28)15-19)24-32-26(40-33-24)22-16-29-17-30-22/h2,5-7,13,15-18H,3-4,8-12,14H2,1H3,(H,29,30)(H,31,36)/t18-/m0/s1. The summed E-state index contributed by atoms with van der Waals surface area (Å²) in [7, 11) is 0. The number of halogens is 1. The highest BCUT2D eigenvalue weighted by Gasteiger charge is 2.25. The van der Waals surface area contributed by atoms with Crippen molar-refractivity contribution in [1.29, 1.82) is 0 Å². The van der Waals surface area contributed by atoms with Crippen LogP contribution in [0.3, 0.4) is 0 Å². The summed E-state index contributed by atoms with van der Waals surface area (Å²) >= 11 is 0. The van der Waals surface area contributed by atoms with Crippen molar-refractivity contribution < 1.29 is 27.7 Å². The molecule has 1 aliphatic heterocycles. The van der Waals surface area contributed by atoms with Crippen LogP contribution in [0.4, 0.5) is 4.39 Å². The highest BCUT2D eigenvalue weighted by atomic mass is 19.1. The molecule has 4 heterocycles. The van der Waals surface area contributed by atoms with E-state index in [9.17, 15) is 14.0 Å². The summed E-state index contributed by atoms with van der Waals surface area (Å²) in [5, 5.41) is 6.54. The molecule has 1 aromatic carbocycles. The molecule has 5 rings (SSSR count). The van der Waals surface area contributed by atoms with E-state index < -0.39 is 17.8 Å². The van der Waals surface area contributed by atoms with Crippen LogP contribution >= 0.6 is 0 Å². The maximum absolute atomic E-state index is 14.7. The molecule has 0 radical (unpaired) electrons.